The first-order valence-corrected chi connectivity index (χ1v) is 7.85. The Bertz CT molecular complexity index is 684. The Hall–Kier alpha value is -2.12. The van der Waals surface area contributed by atoms with Crippen LogP contribution in [0, 0.1) is 0 Å². The topological polar surface area (TPSA) is 97.1 Å². The number of aromatic nitrogens is 1. The van der Waals surface area contributed by atoms with E-state index in [-0.39, 0.29) is 0 Å². The van der Waals surface area contributed by atoms with Crippen molar-refractivity contribution in [2.24, 2.45) is 5.84 Å². The summed E-state index contributed by atoms with van der Waals surface area (Å²) in [5.74, 6) is 6.55. The molecule has 0 atom stereocenters. The normalized spacial score (nSPS) is 11.1. The average molecular weight is 292 g/mol. The SMILES string of the molecule is CS(=O)(=O)c1ccc(CNc2cccc(NN)n2)cc1. The van der Waals surface area contributed by atoms with Crippen molar-refractivity contribution < 1.29 is 8.42 Å². The lowest BCUT2D eigenvalue weighted by atomic mass is 10.2. The lowest BCUT2D eigenvalue weighted by molar-refractivity contribution is 0.602. The van der Waals surface area contributed by atoms with Gasteiger partial charge in [-0.2, -0.15) is 0 Å². The number of pyridine rings is 1. The molecule has 0 radical (unpaired) electrons. The van der Waals surface area contributed by atoms with Crippen molar-refractivity contribution in [3.05, 3.63) is 48.0 Å². The molecule has 0 saturated heterocycles. The van der Waals surface area contributed by atoms with Crippen LogP contribution in [0.3, 0.4) is 0 Å². The lowest BCUT2D eigenvalue weighted by Gasteiger charge is -2.07. The van der Waals surface area contributed by atoms with Gasteiger partial charge in [-0.3, -0.25) is 0 Å². The van der Waals surface area contributed by atoms with Gasteiger partial charge in [0.2, 0.25) is 0 Å². The number of hydrogen-bond acceptors (Lipinski definition) is 6. The van der Waals surface area contributed by atoms with Crippen LogP contribution in [-0.2, 0) is 16.4 Å². The summed E-state index contributed by atoms with van der Waals surface area (Å²) in [5, 5.41) is 3.14. The molecule has 1 aromatic heterocycles. The van der Waals surface area contributed by atoms with E-state index in [0.29, 0.717) is 23.1 Å². The second kappa shape index (κ2) is 5.89. The van der Waals surface area contributed by atoms with Crippen molar-refractivity contribution in [1.29, 1.82) is 0 Å². The van der Waals surface area contributed by atoms with Crippen molar-refractivity contribution in [2.75, 3.05) is 17.0 Å². The van der Waals surface area contributed by atoms with Crippen LogP contribution < -0.4 is 16.6 Å². The molecule has 0 aliphatic rings. The predicted molar refractivity (Wildman–Crippen MR) is 78.9 cm³/mol. The van der Waals surface area contributed by atoms with E-state index in [1.54, 1.807) is 30.3 Å². The molecule has 4 N–H and O–H groups in total. The van der Waals surface area contributed by atoms with Gasteiger partial charge in [-0.1, -0.05) is 18.2 Å². The Kier molecular flexibility index (Phi) is 4.21. The van der Waals surface area contributed by atoms with E-state index in [0.717, 1.165) is 5.56 Å². The maximum absolute atomic E-state index is 11.3. The van der Waals surface area contributed by atoms with E-state index in [2.05, 4.69) is 15.7 Å². The van der Waals surface area contributed by atoms with Crippen molar-refractivity contribution >= 4 is 21.5 Å². The molecule has 6 nitrogen and oxygen atoms in total. The Balaban J connectivity index is 2.04. The lowest BCUT2D eigenvalue weighted by Crippen LogP contribution is -2.09. The maximum Gasteiger partial charge on any atom is 0.175 e. The first-order valence-electron chi connectivity index (χ1n) is 5.95. The van der Waals surface area contributed by atoms with Crippen LogP contribution >= 0.6 is 0 Å². The molecule has 20 heavy (non-hydrogen) atoms. The summed E-state index contributed by atoms with van der Waals surface area (Å²) in [4.78, 5) is 4.53. The van der Waals surface area contributed by atoms with Crippen LogP contribution in [0.1, 0.15) is 5.56 Å². The zero-order chi connectivity index (χ0) is 14.6. The number of hydrazine groups is 1. The fraction of sp³-hybridized carbons (Fsp3) is 0.154. The number of nitrogen functional groups attached to an aromatic ring is 1. The summed E-state index contributed by atoms with van der Waals surface area (Å²) in [6.45, 7) is 0.547. The molecule has 106 valence electrons. The van der Waals surface area contributed by atoms with Crippen LogP contribution in [-0.4, -0.2) is 19.7 Å². The molecule has 7 heteroatoms. The summed E-state index contributed by atoms with van der Waals surface area (Å²) in [5.41, 5.74) is 3.44. The third-order valence-corrected chi connectivity index (χ3v) is 3.85. The minimum absolute atomic E-state index is 0.314. The quantitative estimate of drug-likeness (QED) is 0.569. The molecule has 1 heterocycles. The minimum atomic E-state index is -3.15. The van der Waals surface area contributed by atoms with Gasteiger partial charge < -0.3 is 10.7 Å². The Labute approximate surface area is 117 Å². The number of rotatable bonds is 5. The Morgan fingerprint density at radius 1 is 1.10 bits per heavy atom. The highest BCUT2D eigenvalue weighted by atomic mass is 32.2. The average Bonchev–Trinajstić information content (AvgIpc) is 2.45. The smallest absolute Gasteiger partial charge is 0.175 e. The molecule has 0 saturated carbocycles. The Morgan fingerprint density at radius 2 is 1.75 bits per heavy atom. The molecule has 0 spiro atoms. The fourth-order valence-corrected chi connectivity index (χ4v) is 2.29. The van der Waals surface area contributed by atoms with Crippen LogP contribution in [0.4, 0.5) is 11.6 Å². The first kappa shape index (κ1) is 14.3. The summed E-state index contributed by atoms with van der Waals surface area (Å²) < 4.78 is 22.7. The molecule has 0 bridgehead atoms. The van der Waals surface area contributed by atoms with Gasteiger partial charge in [0.15, 0.2) is 9.84 Å². The monoisotopic (exact) mass is 292 g/mol. The van der Waals surface area contributed by atoms with E-state index < -0.39 is 9.84 Å². The van der Waals surface area contributed by atoms with Crippen molar-refractivity contribution in [3.63, 3.8) is 0 Å². The van der Waals surface area contributed by atoms with Gasteiger partial charge in [-0.05, 0) is 29.8 Å². The molecule has 0 fully saturated rings. The zero-order valence-corrected chi connectivity index (χ0v) is 11.8. The molecule has 2 rings (SSSR count). The Morgan fingerprint density at radius 3 is 2.35 bits per heavy atom. The van der Waals surface area contributed by atoms with E-state index in [1.807, 2.05) is 12.1 Å². The maximum atomic E-state index is 11.3. The molecular formula is C13H16N4O2S. The molecule has 0 aliphatic carbocycles. The number of nitrogens with one attached hydrogen (secondary N) is 2. The summed E-state index contributed by atoms with van der Waals surface area (Å²) in [6, 6.07) is 12.1. The minimum Gasteiger partial charge on any atom is -0.366 e. The molecule has 0 aliphatic heterocycles. The number of anilines is 2. The molecule has 0 amide bonds. The van der Waals surface area contributed by atoms with Crippen LogP contribution in [0.15, 0.2) is 47.4 Å². The fourth-order valence-electron chi connectivity index (χ4n) is 1.66. The van der Waals surface area contributed by atoms with E-state index in [4.69, 9.17) is 5.84 Å². The summed E-state index contributed by atoms with van der Waals surface area (Å²) in [6.07, 6.45) is 1.19. The number of sulfone groups is 1. The number of nitrogens with zero attached hydrogens (tertiary/aromatic N) is 1. The number of nitrogens with two attached hydrogens (primary N) is 1. The van der Waals surface area contributed by atoms with Crippen LogP contribution in [0.2, 0.25) is 0 Å². The van der Waals surface area contributed by atoms with Gasteiger partial charge >= 0.3 is 0 Å². The van der Waals surface area contributed by atoms with Crippen molar-refractivity contribution in [1.82, 2.24) is 4.98 Å². The highest BCUT2D eigenvalue weighted by molar-refractivity contribution is 7.90. The van der Waals surface area contributed by atoms with E-state index in [1.165, 1.54) is 6.26 Å². The van der Waals surface area contributed by atoms with Crippen molar-refractivity contribution in [2.45, 2.75) is 11.4 Å². The largest absolute Gasteiger partial charge is 0.366 e. The summed E-state index contributed by atoms with van der Waals surface area (Å²) in [7, 11) is -3.15. The second-order valence-electron chi connectivity index (χ2n) is 4.32. The third-order valence-electron chi connectivity index (χ3n) is 2.72. The van der Waals surface area contributed by atoms with Gasteiger partial charge in [-0.15, -0.1) is 0 Å². The van der Waals surface area contributed by atoms with Gasteiger partial charge in [-0.25, -0.2) is 19.2 Å². The van der Waals surface area contributed by atoms with Gasteiger partial charge in [0.05, 0.1) is 4.90 Å². The van der Waals surface area contributed by atoms with Crippen molar-refractivity contribution in [3.8, 4) is 0 Å². The van der Waals surface area contributed by atoms with Crippen LogP contribution in [0.25, 0.3) is 0 Å². The first-order chi connectivity index (χ1) is 9.49. The van der Waals surface area contributed by atoms with E-state index in [9.17, 15) is 8.42 Å². The standard InChI is InChI=1S/C13H16N4O2S/c1-20(18,19)11-7-5-10(6-8-11)9-15-12-3-2-4-13(16-12)17-14/h2-8H,9,14H2,1H3,(H2,15,16,17). The zero-order valence-electron chi connectivity index (χ0n) is 11.0. The van der Waals surface area contributed by atoms with Gasteiger partial charge in [0.1, 0.15) is 11.6 Å². The summed E-state index contributed by atoms with van der Waals surface area (Å²) >= 11 is 0. The molecule has 0 unspecified atom stereocenters. The number of benzene rings is 1. The second-order valence-corrected chi connectivity index (χ2v) is 6.34. The van der Waals surface area contributed by atoms with E-state index >= 15 is 0 Å². The number of hydrogen-bond donors (Lipinski definition) is 3. The molecule has 2 aromatic rings. The third kappa shape index (κ3) is 3.69. The van der Waals surface area contributed by atoms with Gasteiger partial charge in [0, 0.05) is 12.8 Å². The molecule has 1 aromatic carbocycles. The van der Waals surface area contributed by atoms with Crippen LogP contribution in [0.5, 0.6) is 0 Å². The van der Waals surface area contributed by atoms with Gasteiger partial charge in [0.25, 0.3) is 0 Å². The predicted octanol–water partition coefficient (Wildman–Crippen LogP) is 1.38. The highest BCUT2D eigenvalue weighted by Gasteiger charge is 2.06. The molecular weight excluding hydrogens is 276 g/mol. The highest BCUT2D eigenvalue weighted by Crippen LogP contribution is 2.13.